The molecule has 46 heavy (non-hydrogen) atoms. The molecule has 0 bridgehead atoms. The Balaban J connectivity index is 0.966. The first kappa shape index (κ1) is 30.2. The number of fused-ring (bicyclic) bond motifs is 3. The summed E-state index contributed by atoms with van der Waals surface area (Å²) >= 11 is 0. The van der Waals surface area contributed by atoms with Crippen molar-refractivity contribution in [3.05, 3.63) is 29.0 Å². The van der Waals surface area contributed by atoms with Gasteiger partial charge in [0.2, 0.25) is 5.91 Å². The number of hydrogen-bond acceptors (Lipinski definition) is 11. The highest BCUT2D eigenvalue weighted by Crippen LogP contribution is 2.39. The van der Waals surface area contributed by atoms with Crippen LogP contribution in [-0.2, 0) is 33.7 Å². The standard InChI is InChI=1S/C29H34F2N10O5/c1-38(2)13-20(42)32-5-8-41-25-23(31)18-10-16(9-17(18)22(30)24(25)36-37-41)12-39-6-3-29(4-7-39)15-40(28(44)46-29)19-11-33-27-26(34-19)35-21(43)14-45-27/h11,16H,3-10,12-15H2,1-2H3,(H,32,42)(H,34,35,43). The lowest BCUT2D eigenvalue weighted by Gasteiger charge is -2.38. The number of likely N-dealkylation sites (N-methyl/N-ethyl adjacent to an activating group) is 1. The smallest absolute Gasteiger partial charge is 0.416 e. The molecule has 3 aliphatic heterocycles. The number of rotatable bonds is 8. The number of ether oxygens (including phenoxy) is 2. The zero-order valence-corrected chi connectivity index (χ0v) is 25.5. The van der Waals surface area contributed by atoms with E-state index in [4.69, 9.17) is 9.47 Å². The van der Waals surface area contributed by atoms with Crippen molar-refractivity contribution < 1.29 is 32.6 Å². The summed E-state index contributed by atoms with van der Waals surface area (Å²) in [6.07, 6.45) is 2.85. The predicted octanol–water partition coefficient (Wildman–Crippen LogP) is 0.714. The Morgan fingerprint density at radius 2 is 1.93 bits per heavy atom. The molecule has 7 rings (SSSR count). The van der Waals surface area contributed by atoms with Crippen molar-refractivity contribution in [1.29, 1.82) is 0 Å². The molecule has 2 aromatic heterocycles. The van der Waals surface area contributed by atoms with E-state index in [9.17, 15) is 14.4 Å². The van der Waals surface area contributed by atoms with E-state index in [-0.39, 0.29) is 72.5 Å². The topological polar surface area (TPSA) is 160 Å². The lowest BCUT2D eigenvalue weighted by atomic mass is 9.90. The van der Waals surface area contributed by atoms with Crippen molar-refractivity contribution in [2.24, 2.45) is 5.92 Å². The van der Waals surface area contributed by atoms with Crippen LogP contribution in [-0.4, -0.2) is 118 Å². The Hall–Kier alpha value is -4.51. The van der Waals surface area contributed by atoms with Gasteiger partial charge in [-0.25, -0.2) is 28.2 Å². The maximum atomic E-state index is 15.8. The molecular weight excluding hydrogens is 606 g/mol. The fraction of sp³-hybridized carbons (Fsp3) is 0.552. The van der Waals surface area contributed by atoms with Gasteiger partial charge in [-0.2, -0.15) is 0 Å². The number of hydrogen-bond donors (Lipinski definition) is 2. The van der Waals surface area contributed by atoms with Crippen LogP contribution in [0.25, 0.3) is 11.0 Å². The van der Waals surface area contributed by atoms with Gasteiger partial charge in [-0.3, -0.25) is 14.5 Å². The molecule has 2 saturated heterocycles. The summed E-state index contributed by atoms with van der Waals surface area (Å²) in [6, 6.07) is 0. The molecule has 3 aromatic rings. The summed E-state index contributed by atoms with van der Waals surface area (Å²) in [6.45, 7) is 2.69. The molecule has 2 N–H and O–H groups in total. The van der Waals surface area contributed by atoms with Gasteiger partial charge in [-0.1, -0.05) is 5.21 Å². The van der Waals surface area contributed by atoms with Gasteiger partial charge in [0, 0.05) is 39.0 Å². The molecule has 1 spiro atoms. The Bertz CT molecular complexity index is 1720. The van der Waals surface area contributed by atoms with Crippen molar-refractivity contribution >= 4 is 40.6 Å². The van der Waals surface area contributed by atoms with E-state index >= 15 is 8.78 Å². The fourth-order valence-electron chi connectivity index (χ4n) is 6.79. The van der Waals surface area contributed by atoms with Gasteiger partial charge in [0.1, 0.15) is 11.1 Å². The van der Waals surface area contributed by atoms with Crippen LogP contribution in [0.1, 0.15) is 24.0 Å². The molecule has 5 heterocycles. The van der Waals surface area contributed by atoms with E-state index in [2.05, 4.69) is 35.8 Å². The molecule has 2 fully saturated rings. The lowest BCUT2D eigenvalue weighted by Crippen LogP contribution is -2.48. The van der Waals surface area contributed by atoms with Gasteiger partial charge < -0.3 is 29.9 Å². The van der Waals surface area contributed by atoms with Crippen LogP contribution < -0.4 is 20.3 Å². The molecule has 1 aromatic carbocycles. The number of carbonyl (C=O) groups is 3. The Morgan fingerprint density at radius 1 is 1.17 bits per heavy atom. The minimum absolute atomic E-state index is 0.0112. The minimum Gasteiger partial charge on any atom is -0.465 e. The average Bonchev–Trinajstić information content (AvgIpc) is 3.72. The quantitative estimate of drug-likeness (QED) is 0.357. The van der Waals surface area contributed by atoms with Crippen LogP contribution in [0.5, 0.6) is 5.88 Å². The molecule has 3 amide bonds. The fourth-order valence-corrected chi connectivity index (χ4v) is 6.79. The predicted molar refractivity (Wildman–Crippen MR) is 158 cm³/mol. The highest BCUT2D eigenvalue weighted by molar-refractivity contribution is 5.95. The molecule has 1 aliphatic carbocycles. The van der Waals surface area contributed by atoms with Crippen molar-refractivity contribution in [1.82, 2.24) is 40.1 Å². The molecular formula is C29H34F2N10O5. The van der Waals surface area contributed by atoms with E-state index in [1.165, 1.54) is 15.8 Å². The number of piperidine rings is 1. The number of halogens is 2. The molecule has 15 nitrogen and oxygen atoms in total. The van der Waals surface area contributed by atoms with Gasteiger partial charge in [0.05, 0.1) is 25.8 Å². The second-order valence-corrected chi connectivity index (χ2v) is 12.6. The molecule has 1 atom stereocenters. The van der Waals surface area contributed by atoms with Crippen molar-refractivity contribution in [3.63, 3.8) is 0 Å². The van der Waals surface area contributed by atoms with Crippen LogP contribution in [0, 0.1) is 17.6 Å². The second-order valence-electron chi connectivity index (χ2n) is 12.6. The third-order valence-electron chi connectivity index (χ3n) is 8.99. The van der Waals surface area contributed by atoms with E-state index in [0.29, 0.717) is 63.0 Å². The van der Waals surface area contributed by atoms with E-state index < -0.39 is 23.3 Å². The number of benzene rings is 1. The lowest BCUT2D eigenvalue weighted by molar-refractivity contribution is -0.121. The van der Waals surface area contributed by atoms with E-state index in [0.717, 1.165) is 0 Å². The first-order valence-corrected chi connectivity index (χ1v) is 15.2. The van der Waals surface area contributed by atoms with Crippen LogP contribution in [0.2, 0.25) is 0 Å². The Labute approximate surface area is 262 Å². The third-order valence-corrected chi connectivity index (χ3v) is 8.99. The van der Waals surface area contributed by atoms with Crippen LogP contribution in [0.3, 0.4) is 0 Å². The Morgan fingerprint density at radius 3 is 2.70 bits per heavy atom. The monoisotopic (exact) mass is 640 g/mol. The number of likely N-dealkylation sites (tertiary alicyclic amines) is 1. The largest absolute Gasteiger partial charge is 0.465 e. The van der Waals surface area contributed by atoms with Gasteiger partial charge in [-0.05, 0) is 44.0 Å². The minimum atomic E-state index is -0.691. The van der Waals surface area contributed by atoms with Crippen molar-refractivity contribution in [2.75, 3.05) is 70.2 Å². The molecule has 0 radical (unpaired) electrons. The van der Waals surface area contributed by atoms with Gasteiger partial charge in [0.15, 0.2) is 35.4 Å². The highest BCUT2D eigenvalue weighted by atomic mass is 19.1. The molecule has 17 heteroatoms. The van der Waals surface area contributed by atoms with E-state index in [1.807, 2.05) is 0 Å². The second kappa shape index (κ2) is 11.7. The Kier molecular flexibility index (Phi) is 7.67. The summed E-state index contributed by atoms with van der Waals surface area (Å²) in [7, 11) is 3.57. The van der Waals surface area contributed by atoms with Crippen LogP contribution >= 0.6 is 0 Å². The average molecular weight is 641 g/mol. The molecule has 244 valence electrons. The SMILES string of the molecule is CN(C)CC(=O)NCCn1nnc2c(F)c3c(c(F)c21)CC(CN1CCC2(CC1)CN(c1cnc4c(n1)NC(=O)CO4)C(=O)O2)C3. The summed E-state index contributed by atoms with van der Waals surface area (Å²) in [5.74, 6) is -0.940. The summed E-state index contributed by atoms with van der Waals surface area (Å²) in [5, 5.41) is 13.2. The summed E-state index contributed by atoms with van der Waals surface area (Å²) in [5.41, 5.74) is -0.0599. The van der Waals surface area contributed by atoms with Crippen molar-refractivity contribution in [2.45, 2.75) is 37.8 Å². The third kappa shape index (κ3) is 5.57. The van der Waals surface area contributed by atoms with E-state index in [1.54, 1.807) is 19.0 Å². The highest BCUT2D eigenvalue weighted by Gasteiger charge is 2.48. The number of nitrogens with one attached hydrogen (secondary N) is 2. The maximum Gasteiger partial charge on any atom is 0.416 e. The van der Waals surface area contributed by atoms with Gasteiger partial charge in [0.25, 0.3) is 11.8 Å². The molecule has 0 saturated carbocycles. The molecule has 1 unspecified atom stereocenters. The zero-order chi connectivity index (χ0) is 32.2. The van der Waals surface area contributed by atoms with Crippen molar-refractivity contribution in [3.8, 4) is 5.88 Å². The number of carbonyl (C=O) groups excluding carboxylic acids is 3. The number of nitrogens with zero attached hydrogens (tertiary/aromatic N) is 8. The summed E-state index contributed by atoms with van der Waals surface area (Å²) < 4.78 is 43.8. The number of amides is 3. The first-order valence-electron chi connectivity index (χ1n) is 15.2. The molecule has 4 aliphatic rings. The maximum absolute atomic E-state index is 15.8. The number of anilines is 2. The number of aromatic nitrogens is 5. The first-order chi connectivity index (χ1) is 22.1. The van der Waals surface area contributed by atoms with Crippen LogP contribution in [0.4, 0.5) is 25.2 Å². The summed E-state index contributed by atoms with van der Waals surface area (Å²) in [4.78, 5) is 50.4. The zero-order valence-electron chi connectivity index (χ0n) is 25.5. The van der Waals surface area contributed by atoms with Gasteiger partial charge >= 0.3 is 6.09 Å². The normalized spacial score (nSPS) is 20.5. The van der Waals surface area contributed by atoms with Gasteiger partial charge in [-0.15, -0.1) is 5.10 Å². The van der Waals surface area contributed by atoms with Crippen LogP contribution in [0.15, 0.2) is 6.20 Å².